The molecule has 5 rings (SSSR count). The number of pyridine rings is 1. The first-order chi connectivity index (χ1) is 19.6. The van der Waals surface area contributed by atoms with Crippen molar-refractivity contribution >= 4 is 11.9 Å². The van der Waals surface area contributed by atoms with Crippen LogP contribution >= 0.6 is 0 Å². The van der Waals surface area contributed by atoms with Crippen LogP contribution in [0, 0.1) is 5.82 Å². The van der Waals surface area contributed by atoms with Crippen LogP contribution in [0.4, 0.5) is 17.6 Å². The first-order valence-corrected chi connectivity index (χ1v) is 12.8. The van der Waals surface area contributed by atoms with E-state index < -0.39 is 12.1 Å². The van der Waals surface area contributed by atoms with Crippen LogP contribution in [0.25, 0.3) is 22.5 Å². The molecule has 0 bridgehead atoms. The number of amides is 1. The van der Waals surface area contributed by atoms with Crippen molar-refractivity contribution in [1.29, 1.82) is 0 Å². The Hall–Kier alpha value is -4.51. The van der Waals surface area contributed by atoms with E-state index in [1.54, 1.807) is 24.4 Å². The number of carboxylic acid groups (broad SMARTS) is 1. The van der Waals surface area contributed by atoms with Gasteiger partial charge in [0.15, 0.2) is 0 Å². The number of aromatic amines is 1. The van der Waals surface area contributed by atoms with Crippen molar-refractivity contribution in [1.82, 2.24) is 15.3 Å². The van der Waals surface area contributed by atoms with Gasteiger partial charge in [0.05, 0.1) is 17.9 Å². The smallest absolute Gasteiger partial charge is 0.475 e. The Balaban J connectivity index is 0.000000493. The van der Waals surface area contributed by atoms with Crippen LogP contribution in [-0.4, -0.2) is 45.8 Å². The lowest BCUT2D eigenvalue weighted by molar-refractivity contribution is -0.192. The quantitative estimate of drug-likeness (QED) is 0.174. The number of carbonyl (C=O) groups excluding carboxylic acids is 1. The van der Waals surface area contributed by atoms with Gasteiger partial charge in [-0.3, -0.25) is 9.78 Å². The number of fused-ring (bicyclic) bond motifs is 1. The molecule has 4 aromatic rings. The Labute approximate surface area is 233 Å². The molecule has 1 amide bonds. The molecule has 3 N–H and O–H groups in total. The third kappa shape index (κ3) is 8.01. The summed E-state index contributed by atoms with van der Waals surface area (Å²) < 4.78 is 51.7. The molecule has 0 aliphatic carbocycles. The van der Waals surface area contributed by atoms with Crippen LogP contribution in [0.5, 0.6) is 0 Å². The number of hydrogen-bond donors (Lipinski definition) is 3. The summed E-state index contributed by atoms with van der Waals surface area (Å²) in [5, 5.41) is 10.2. The predicted molar refractivity (Wildman–Crippen MR) is 143 cm³/mol. The summed E-state index contributed by atoms with van der Waals surface area (Å²) >= 11 is 0. The molecule has 41 heavy (non-hydrogen) atoms. The van der Waals surface area contributed by atoms with Crippen molar-refractivity contribution in [2.45, 2.75) is 38.1 Å². The number of ether oxygens (including phenoxy) is 1. The molecule has 1 unspecified atom stereocenters. The maximum absolute atomic E-state index is 14.2. The molecule has 1 atom stereocenters. The van der Waals surface area contributed by atoms with Gasteiger partial charge in [0.1, 0.15) is 5.82 Å². The van der Waals surface area contributed by atoms with Crippen molar-refractivity contribution in [3.63, 3.8) is 0 Å². The zero-order valence-corrected chi connectivity index (χ0v) is 21.7. The maximum atomic E-state index is 14.2. The average Bonchev–Trinajstić information content (AvgIpc) is 3.39. The summed E-state index contributed by atoms with van der Waals surface area (Å²) in [4.78, 5) is 29.4. The van der Waals surface area contributed by atoms with E-state index in [0.717, 1.165) is 41.8 Å². The number of alkyl halides is 3. The minimum atomic E-state index is -5.08. The SMILES string of the molecule is O=C(O)C(F)(F)F.O=C1NC(CCCOCc2ccccc2)Cc2[nH]c(-c3ccnc(-c4ccccc4F)c3)cc21. The number of aliphatic carboxylic acids is 1. The largest absolute Gasteiger partial charge is 0.490 e. The number of hydrogen-bond acceptors (Lipinski definition) is 4. The average molecular weight is 570 g/mol. The number of nitrogens with one attached hydrogen (secondary N) is 2. The van der Waals surface area contributed by atoms with E-state index in [9.17, 15) is 22.4 Å². The van der Waals surface area contributed by atoms with Crippen molar-refractivity contribution in [3.05, 3.63) is 102 Å². The zero-order chi connectivity index (χ0) is 29.4. The fourth-order valence-electron chi connectivity index (χ4n) is 4.36. The van der Waals surface area contributed by atoms with E-state index in [0.29, 0.717) is 30.0 Å². The molecular formula is C30H27F4N3O4. The molecular weight excluding hydrogens is 542 g/mol. The second-order valence-electron chi connectivity index (χ2n) is 9.34. The van der Waals surface area contributed by atoms with Crippen LogP contribution in [0.15, 0.2) is 79.0 Å². The fourth-order valence-corrected chi connectivity index (χ4v) is 4.36. The highest BCUT2D eigenvalue weighted by molar-refractivity contribution is 5.98. The number of H-pyrrole nitrogens is 1. The summed E-state index contributed by atoms with van der Waals surface area (Å²) in [6, 6.07) is 22.3. The number of benzene rings is 2. The second-order valence-corrected chi connectivity index (χ2v) is 9.34. The number of rotatable bonds is 8. The van der Waals surface area contributed by atoms with Crippen molar-refractivity contribution in [3.8, 4) is 22.5 Å². The van der Waals surface area contributed by atoms with Crippen LogP contribution < -0.4 is 5.32 Å². The van der Waals surface area contributed by atoms with E-state index in [1.165, 1.54) is 6.07 Å². The van der Waals surface area contributed by atoms with Crippen LogP contribution in [0.3, 0.4) is 0 Å². The monoisotopic (exact) mass is 569 g/mol. The maximum Gasteiger partial charge on any atom is 0.490 e. The highest BCUT2D eigenvalue weighted by Gasteiger charge is 2.38. The van der Waals surface area contributed by atoms with Crippen LogP contribution in [0.1, 0.15) is 34.5 Å². The molecule has 0 spiro atoms. The third-order valence-corrected chi connectivity index (χ3v) is 6.35. The molecule has 1 aliphatic rings. The molecule has 0 fully saturated rings. The molecule has 2 aromatic carbocycles. The van der Waals surface area contributed by atoms with Gasteiger partial charge in [0.25, 0.3) is 5.91 Å². The van der Waals surface area contributed by atoms with Gasteiger partial charge in [-0.05, 0) is 48.7 Å². The summed E-state index contributed by atoms with van der Waals surface area (Å²) in [6.45, 7) is 1.25. The molecule has 0 saturated carbocycles. The number of nitrogens with zero attached hydrogens (tertiary/aromatic N) is 1. The molecule has 1 aliphatic heterocycles. The summed E-state index contributed by atoms with van der Waals surface area (Å²) in [6.07, 6.45) is -0.960. The standard InChI is InChI=1S/C28H26FN3O2.C2HF3O2/c29-24-11-5-4-10-22(24)26-15-20(12-13-30-26)25-17-23-27(32-25)16-21(31-28(23)33)9-6-14-34-18-19-7-2-1-3-8-19;3-2(4,5)1(6)7/h1-5,7-8,10-13,15,17,21,32H,6,9,14,16,18H2,(H,31,33);(H,6,7). The minimum Gasteiger partial charge on any atom is -0.475 e. The number of aromatic nitrogens is 2. The lowest BCUT2D eigenvalue weighted by Gasteiger charge is -2.23. The molecule has 11 heteroatoms. The summed E-state index contributed by atoms with van der Waals surface area (Å²) in [5.74, 6) is -3.14. The normalized spacial score (nSPS) is 14.4. The first-order valence-electron chi connectivity index (χ1n) is 12.8. The molecule has 3 heterocycles. The number of carbonyl (C=O) groups is 2. The van der Waals surface area contributed by atoms with Gasteiger partial charge < -0.3 is 20.1 Å². The van der Waals surface area contributed by atoms with E-state index in [2.05, 4.69) is 15.3 Å². The number of halogens is 4. The summed E-state index contributed by atoms with van der Waals surface area (Å²) in [7, 11) is 0. The Bertz CT molecular complexity index is 1490. The fraction of sp³-hybridized carbons (Fsp3) is 0.233. The van der Waals surface area contributed by atoms with E-state index >= 15 is 0 Å². The van der Waals surface area contributed by atoms with Gasteiger partial charge in [0.2, 0.25) is 0 Å². The van der Waals surface area contributed by atoms with Gasteiger partial charge >= 0.3 is 12.1 Å². The van der Waals surface area contributed by atoms with E-state index in [1.807, 2.05) is 48.5 Å². The zero-order valence-electron chi connectivity index (χ0n) is 21.7. The lowest BCUT2D eigenvalue weighted by atomic mass is 9.98. The highest BCUT2D eigenvalue weighted by Crippen LogP contribution is 2.29. The second kappa shape index (κ2) is 13.2. The van der Waals surface area contributed by atoms with Gasteiger partial charge in [0, 0.05) is 47.8 Å². The Morgan fingerprint density at radius 3 is 2.44 bits per heavy atom. The molecule has 0 radical (unpaired) electrons. The van der Waals surface area contributed by atoms with Crippen LogP contribution in [0.2, 0.25) is 0 Å². The highest BCUT2D eigenvalue weighted by atomic mass is 19.4. The number of carboxylic acids is 1. The summed E-state index contributed by atoms with van der Waals surface area (Å²) in [5.41, 5.74) is 5.45. The minimum absolute atomic E-state index is 0.0673. The third-order valence-electron chi connectivity index (χ3n) is 6.35. The Morgan fingerprint density at radius 1 is 1.02 bits per heavy atom. The lowest BCUT2D eigenvalue weighted by Crippen LogP contribution is -2.41. The van der Waals surface area contributed by atoms with Gasteiger partial charge in [-0.2, -0.15) is 13.2 Å². The van der Waals surface area contributed by atoms with Gasteiger partial charge in [-0.15, -0.1) is 0 Å². The Kier molecular flexibility index (Phi) is 9.51. The van der Waals surface area contributed by atoms with Crippen molar-refractivity contribution in [2.24, 2.45) is 0 Å². The molecule has 2 aromatic heterocycles. The van der Waals surface area contributed by atoms with Gasteiger partial charge in [-0.1, -0.05) is 42.5 Å². The van der Waals surface area contributed by atoms with E-state index in [4.69, 9.17) is 14.6 Å². The Morgan fingerprint density at radius 2 is 1.73 bits per heavy atom. The predicted octanol–water partition coefficient (Wildman–Crippen LogP) is 6.17. The topological polar surface area (TPSA) is 104 Å². The first kappa shape index (κ1) is 29.5. The molecule has 214 valence electrons. The van der Waals surface area contributed by atoms with Crippen molar-refractivity contribution in [2.75, 3.05) is 6.61 Å². The van der Waals surface area contributed by atoms with Crippen molar-refractivity contribution < 1.29 is 37.0 Å². The molecule has 0 saturated heterocycles. The molecule has 7 nitrogen and oxygen atoms in total. The van der Waals surface area contributed by atoms with E-state index in [-0.39, 0.29) is 17.8 Å². The van der Waals surface area contributed by atoms with Gasteiger partial charge in [-0.25, -0.2) is 9.18 Å². The van der Waals surface area contributed by atoms with Crippen LogP contribution in [-0.2, 0) is 22.6 Å².